The number of rotatable bonds is 3. The molecule has 0 bridgehead atoms. The van der Waals surface area contributed by atoms with E-state index >= 15 is 0 Å². The largest absolute Gasteiger partial charge is 0.381 e. The van der Waals surface area contributed by atoms with Crippen molar-refractivity contribution in [1.29, 1.82) is 5.26 Å². The van der Waals surface area contributed by atoms with Crippen LogP contribution in [0.1, 0.15) is 16.7 Å². The van der Waals surface area contributed by atoms with Crippen molar-refractivity contribution in [3.63, 3.8) is 0 Å². The smallest absolute Gasteiger partial charge is 0.253 e. The number of halogens is 1. The molecule has 3 rings (SSSR count). The highest BCUT2D eigenvalue weighted by molar-refractivity contribution is 6.31. The Kier molecular flexibility index (Phi) is 4.05. The number of hydrogen-bond donors (Lipinski definition) is 2. The molecular weight excluding hydrogens is 310 g/mol. The summed E-state index contributed by atoms with van der Waals surface area (Å²) < 4.78 is 0. The van der Waals surface area contributed by atoms with Crippen molar-refractivity contribution in [2.24, 2.45) is 0 Å². The van der Waals surface area contributed by atoms with Crippen LogP contribution in [0.15, 0.2) is 47.3 Å². The topological polar surface area (TPSA) is 68.7 Å². The average molecular weight is 324 g/mol. The molecule has 23 heavy (non-hydrogen) atoms. The minimum atomic E-state index is -0.127. The number of H-pyrrole nitrogens is 1. The van der Waals surface area contributed by atoms with Gasteiger partial charge < -0.3 is 10.3 Å². The lowest BCUT2D eigenvalue weighted by Gasteiger charge is -2.08. The van der Waals surface area contributed by atoms with Gasteiger partial charge in [0.1, 0.15) is 0 Å². The van der Waals surface area contributed by atoms with E-state index in [9.17, 15) is 4.79 Å². The summed E-state index contributed by atoms with van der Waals surface area (Å²) in [5.41, 5.74) is 3.68. The SMILES string of the molecule is Cc1cc(NCc2cc3cc(Cl)ccc3[nH]c2=O)ccc1C#N. The van der Waals surface area contributed by atoms with E-state index in [1.165, 1.54) is 0 Å². The second kappa shape index (κ2) is 6.15. The van der Waals surface area contributed by atoms with Crippen LogP contribution in [0.3, 0.4) is 0 Å². The third kappa shape index (κ3) is 3.20. The highest BCUT2D eigenvalue weighted by Crippen LogP contribution is 2.18. The molecule has 114 valence electrons. The summed E-state index contributed by atoms with van der Waals surface area (Å²) in [4.78, 5) is 15.0. The van der Waals surface area contributed by atoms with Crippen LogP contribution in [-0.4, -0.2) is 4.98 Å². The van der Waals surface area contributed by atoms with Gasteiger partial charge in [0.05, 0.1) is 11.6 Å². The first kappa shape index (κ1) is 15.1. The van der Waals surface area contributed by atoms with Gasteiger partial charge in [-0.2, -0.15) is 5.26 Å². The Morgan fingerprint density at radius 1 is 1.22 bits per heavy atom. The Balaban J connectivity index is 1.87. The second-order valence-electron chi connectivity index (χ2n) is 5.35. The molecule has 0 amide bonds. The Labute approximate surface area is 138 Å². The van der Waals surface area contributed by atoms with E-state index in [1.807, 2.05) is 31.2 Å². The normalized spacial score (nSPS) is 10.5. The summed E-state index contributed by atoms with van der Waals surface area (Å²) in [6, 6.07) is 14.8. The molecule has 0 aliphatic heterocycles. The van der Waals surface area contributed by atoms with Crippen LogP contribution in [-0.2, 0) is 6.54 Å². The molecule has 2 N–H and O–H groups in total. The van der Waals surface area contributed by atoms with Crippen LogP contribution in [0.25, 0.3) is 10.9 Å². The number of fused-ring (bicyclic) bond motifs is 1. The third-order valence-electron chi connectivity index (χ3n) is 3.71. The first-order valence-electron chi connectivity index (χ1n) is 7.13. The van der Waals surface area contributed by atoms with Gasteiger partial charge in [-0.1, -0.05) is 11.6 Å². The number of nitrogens with zero attached hydrogens (tertiary/aromatic N) is 1. The maximum atomic E-state index is 12.1. The van der Waals surface area contributed by atoms with Crippen LogP contribution >= 0.6 is 11.6 Å². The van der Waals surface area contributed by atoms with E-state index < -0.39 is 0 Å². The molecule has 0 aliphatic carbocycles. The van der Waals surface area contributed by atoms with Gasteiger partial charge in [0.15, 0.2) is 0 Å². The Morgan fingerprint density at radius 3 is 2.78 bits per heavy atom. The molecule has 2 aromatic carbocycles. The zero-order chi connectivity index (χ0) is 16.4. The van der Waals surface area contributed by atoms with Crippen LogP contribution in [0, 0.1) is 18.3 Å². The van der Waals surface area contributed by atoms with Gasteiger partial charge in [0.25, 0.3) is 5.56 Å². The lowest BCUT2D eigenvalue weighted by Crippen LogP contribution is -2.15. The van der Waals surface area contributed by atoms with Gasteiger partial charge in [-0.15, -0.1) is 0 Å². The fourth-order valence-electron chi connectivity index (χ4n) is 2.45. The second-order valence-corrected chi connectivity index (χ2v) is 5.79. The zero-order valence-corrected chi connectivity index (χ0v) is 13.2. The number of pyridine rings is 1. The maximum Gasteiger partial charge on any atom is 0.253 e. The van der Waals surface area contributed by atoms with Crippen LogP contribution in [0.5, 0.6) is 0 Å². The highest BCUT2D eigenvalue weighted by Gasteiger charge is 2.05. The number of anilines is 1. The maximum absolute atomic E-state index is 12.1. The number of aromatic amines is 1. The van der Waals surface area contributed by atoms with Gasteiger partial charge in [0.2, 0.25) is 0 Å². The summed E-state index contributed by atoms with van der Waals surface area (Å²) in [5, 5.41) is 13.7. The number of nitrogens with one attached hydrogen (secondary N) is 2. The first-order chi connectivity index (χ1) is 11.1. The number of aryl methyl sites for hydroxylation is 1. The third-order valence-corrected chi connectivity index (χ3v) is 3.95. The summed E-state index contributed by atoms with van der Waals surface area (Å²) in [5.74, 6) is 0. The zero-order valence-electron chi connectivity index (χ0n) is 12.5. The van der Waals surface area contributed by atoms with Crippen LogP contribution in [0.2, 0.25) is 5.02 Å². The van der Waals surface area contributed by atoms with E-state index in [0.717, 1.165) is 22.2 Å². The molecule has 0 atom stereocenters. The molecule has 0 aliphatic rings. The molecule has 1 aromatic heterocycles. The minimum absolute atomic E-state index is 0.127. The van der Waals surface area contributed by atoms with E-state index in [2.05, 4.69) is 16.4 Å². The molecule has 0 unspecified atom stereocenters. The summed E-state index contributed by atoms with van der Waals surface area (Å²) in [6.45, 7) is 2.28. The summed E-state index contributed by atoms with van der Waals surface area (Å²) in [6.07, 6.45) is 0. The summed E-state index contributed by atoms with van der Waals surface area (Å²) in [7, 11) is 0. The average Bonchev–Trinajstić information content (AvgIpc) is 2.53. The quantitative estimate of drug-likeness (QED) is 0.766. The lowest BCUT2D eigenvalue weighted by atomic mass is 10.1. The Morgan fingerprint density at radius 2 is 2.04 bits per heavy atom. The highest BCUT2D eigenvalue weighted by atomic mass is 35.5. The van der Waals surface area contributed by atoms with Crippen molar-refractivity contribution >= 4 is 28.2 Å². The van der Waals surface area contributed by atoms with Gasteiger partial charge in [-0.05, 0) is 55.0 Å². The Bertz CT molecular complexity index is 986. The predicted molar refractivity (Wildman–Crippen MR) is 92.8 cm³/mol. The first-order valence-corrected chi connectivity index (χ1v) is 7.51. The van der Waals surface area contributed by atoms with Crippen molar-refractivity contribution in [1.82, 2.24) is 4.98 Å². The molecule has 4 nitrogen and oxygen atoms in total. The monoisotopic (exact) mass is 323 g/mol. The van der Waals surface area contributed by atoms with Gasteiger partial charge in [-0.3, -0.25) is 4.79 Å². The van der Waals surface area contributed by atoms with Gasteiger partial charge in [-0.25, -0.2) is 0 Å². The van der Waals surface area contributed by atoms with Crippen molar-refractivity contribution in [3.8, 4) is 6.07 Å². The van der Waals surface area contributed by atoms with E-state index in [0.29, 0.717) is 22.7 Å². The molecule has 0 fully saturated rings. The number of nitriles is 1. The van der Waals surface area contributed by atoms with Crippen molar-refractivity contribution in [3.05, 3.63) is 74.5 Å². The Hall–Kier alpha value is -2.77. The van der Waals surface area contributed by atoms with Crippen LogP contribution < -0.4 is 10.9 Å². The molecule has 3 aromatic rings. The van der Waals surface area contributed by atoms with Crippen molar-refractivity contribution in [2.75, 3.05) is 5.32 Å². The van der Waals surface area contributed by atoms with Gasteiger partial charge in [0, 0.05) is 33.7 Å². The molecule has 0 spiro atoms. The molecule has 1 heterocycles. The molecule has 0 saturated heterocycles. The van der Waals surface area contributed by atoms with Crippen molar-refractivity contribution < 1.29 is 0 Å². The van der Waals surface area contributed by atoms with Crippen LogP contribution in [0.4, 0.5) is 5.69 Å². The number of hydrogen-bond acceptors (Lipinski definition) is 3. The fraction of sp³-hybridized carbons (Fsp3) is 0.111. The van der Waals surface area contributed by atoms with E-state index in [4.69, 9.17) is 16.9 Å². The molecule has 0 radical (unpaired) electrons. The van der Waals surface area contributed by atoms with Gasteiger partial charge >= 0.3 is 0 Å². The fourth-order valence-corrected chi connectivity index (χ4v) is 2.63. The standard InChI is InChI=1S/C18H14ClN3O/c1-11-6-16(4-2-12(11)9-20)21-10-14-7-13-8-15(19)3-5-17(13)22-18(14)23/h2-8,21H,10H2,1H3,(H,22,23). The van der Waals surface area contributed by atoms with E-state index in [-0.39, 0.29) is 5.56 Å². The van der Waals surface area contributed by atoms with E-state index in [1.54, 1.807) is 18.2 Å². The van der Waals surface area contributed by atoms with Crippen molar-refractivity contribution in [2.45, 2.75) is 13.5 Å². The lowest BCUT2D eigenvalue weighted by molar-refractivity contribution is 1.09. The molecule has 5 heteroatoms. The number of benzene rings is 2. The predicted octanol–water partition coefficient (Wildman–Crippen LogP) is 3.97. The molecular formula is C18H14ClN3O. The minimum Gasteiger partial charge on any atom is -0.381 e. The number of aromatic nitrogens is 1. The molecule has 0 saturated carbocycles. The summed E-state index contributed by atoms with van der Waals surface area (Å²) >= 11 is 6.00.